The van der Waals surface area contributed by atoms with Crippen LogP contribution in [0.15, 0.2) is 21.2 Å². The van der Waals surface area contributed by atoms with Crippen LogP contribution in [0.2, 0.25) is 0 Å². The van der Waals surface area contributed by atoms with Crippen molar-refractivity contribution in [1.29, 1.82) is 0 Å². The van der Waals surface area contributed by atoms with Gasteiger partial charge in [0, 0.05) is 19.1 Å². The standard InChI is InChI=1S/C12H19BrN2O2/c1-8(14)11-7-15(5-6-16-11)9(2)10-3-4-12(13)17-10/h3-4,8-9,11H,5-7,14H2,1-2H3. The van der Waals surface area contributed by atoms with Crippen molar-refractivity contribution in [2.24, 2.45) is 5.73 Å². The molecule has 3 unspecified atom stereocenters. The van der Waals surface area contributed by atoms with Crippen LogP contribution in [0.1, 0.15) is 25.6 Å². The van der Waals surface area contributed by atoms with E-state index in [-0.39, 0.29) is 18.2 Å². The summed E-state index contributed by atoms with van der Waals surface area (Å²) in [7, 11) is 0. The Morgan fingerprint density at radius 1 is 1.47 bits per heavy atom. The lowest BCUT2D eigenvalue weighted by molar-refractivity contribution is -0.0522. The Hall–Kier alpha value is -0.360. The second-order valence-corrected chi connectivity index (χ2v) is 5.36. The maximum Gasteiger partial charge on any atom is 0.169 e. The summed E-state index contributed by atoms with van der Waals surface area (Å²) < 4.78 is 12.0. The molecule has 1 aliphatic heterocycles. The van der Waals surface area contributed by atoms with Gasteiger partial charge < -0.3 is 14.9 Å². The fourth-order valence-corrected chi connectivity index (χ4v) is 2.42. The first-order valence-electron chi connectivity index (χ1n) is 5.94. The van der Waals surface area contributed by atoms with E-state index in [1.807, 2.05) is 19.1 Å². The molecule has 0 amide bonds. The molecule has 3 atom stereocenters. The monoisotopic (exact) mass is 302 g/mol. The lowest BCUT2D eigenvalue weighted by Crippen LogP contribution is -2.50. The van der Waals surface area contributed by atoms with Crippen LogP contribution in [0.3, 0.4) is 0 Å². The zero-order chi connectivity index (χ0) is 12.4. The van der Waals surface area contributed by atoms with Crippen molar-refractivity contribution in [1.82, 2.24) is 4.90 Å². The maximum absolute atomic E-state index is 5.89. The number of ether oxygens (including phenoxy) is 1. The normalized spacial score (nSPS) is 25.8. The van der Waals surface area contributed by atoms with Gasteiger partial charge in [-0.1, -0.05) is 0 Å². The third-order valence-corrected chi connectivity index (χ3v) is 3.69. The van der Waals surface area contributed by atoms with Crippen LogP contribution in [0.5, 0.6) is 0 Å². The number of halogens is 1. The van der Waals surface area contributed by atoms with Crippen LogP contribution in [0, 0.1) is 0 Å². The molecule has 1 saturated heterocycles. The summed E-state index contributed by atoms with van der Waals surface area (Å²) in [4.78, 5) is 2.35. The fraction of sp³-hybridized carbons (Fsp3) is 0.667. The van der Waals surface area contributed by atoms with Gasteiger partial charge in [-0.15, -0.1) is 0 Å². The average Bonchev–Trinajstić information content (AvgIpc) is 2.75. The molecule has 1 aliphatic rings. The lowest BCUT2D eigenvalue weighted by atomic mass is 10.1. The van der Waals surface area contributed by atoms with Crippen molar-refractivity contribution in [2.45, 2.75) is 32.0 Å². The maximum atomic E-state index is 5.89. The number of hydrogen-bond donors (Lipinski definition) is 1. The van der Waals surface area contributed by atoms with Gasteiger partial charge >= 0.3 is 0 Å². The Labute approximate surface area is 110 Å². The summed E-state index contributed by atoms with van der Waals surface area (Å²) in [6.07, 6.45) is 0.115. The van der Waals surface area contributed by atoms with Crippen molar-refractivity contribution >= 4 is 15.9 Å². The van der Waals surface area contributed by atoms with Crippen LogP contribution >= 0.6 is 15.9 Å². The average molecular weight is 303 g/mol. The van der Waals surface area contributed by atoms with E-state index in [0.717, 1.165) is 30.1 Å². The first-order valence-corrected chi connectivity index (χ1v) is 6.73. The predicted molar refractivity (Wildman–Crippen MR) is 69.8 cm³/mol. The molecule has 2 N–H and O–H groups in total. The number of morpholine rings is 1. The highest BCUT2D eigenvalue weighted by Crippen LogP contribution is 2.26. The molecule has 0 aliphatic carbocycles. The van der Waals surface area contributed by atoms with E-state index in [2.05, 4.69) is 27.8 Å². The minimum Gasteiger partial charge on any atom is -0.453 e. The second kappa shape index (κ2) is 5.52. The van der Waals surface area contributed by atoms with Gasteiger partial charge in [-0.05, 0) is 41.9 Å². The van der Waals surface area contributed by atoms with E-state index in [9.17, 15) is 0 Å². The van der Waals surface area contributed by atoms with Crippen molar-refractivity contribution in [3.05, 3.63) is 22.6 Å². The van der Waals surface area contributed by atoms with E-state index in [1.54, 1.807) is 0 Å². The molecule has 1 aromatic heterocycles. The third-order valence-electron chi connectivity index (χ3n) is 3.26. The van der Waals surface area contributed by atoms with Crippen molar-refractivity contribution in [3.8, 4) is 0 Å². The summed E-state index contributed by atoms with van der Waals surface area (Å²) in [5.41, 5.74) is 5.89. The molecule has 0 spiro atoms. The Balaban J connectivity index is 2.02. The number of hydrogen-bond acceptors (Lipinski definition) is 4. The van der Waals surface area contributed by atoms with Gasteiger partial charge in [0.15, 0.2) is 4.67 Å². The van der Waals surface area contributed by atoms with E-state index >= 15 is 0 Å². The minimum absolute atomic E-state index is 0.0633. The molecule has 2 heterocycles. The highest BCUT2D eigenvalue weighted by atomic mass is 79.9. The molecule has 96 valence electrons. The van der Waals surface area contributed by atoms with Gasteiger partial charge in [-0.25, -0.2) is 0 Å². The fourth-order valence-electron chi connectivity index (χ4n) is 2.10. The summed E-state index contributed by atoms with van der Waals surface area (Å²) in [5, 5.41) is 0. The molecule has 5 heteroatoms. The number of rotatable bonds is 3. The van der Waals surface area contributed by atoms with Gasteiger partial charge in [0.2, 0.25) is 0 Å². The largest absolute Gasteiger partial charge is 0.453 e. The molecule has 0 aromatic carbocycles. The Kier molecular flexibility index (Phi) is 4.25. The summed E-state index contributed by atoms with van der Waals surface area (Å²) in [6.45, 7) is 6.65. The van der Waals surface area contributed by atoms with E-state index < -0.39 is 0 Å². The van der Waals surface area contributed by atoms with Crippen LogP contribution in [0.25, 0.3) is 0 Å². The lowest BCUT2D eigenvalue weighted by Gasteiger charge is -2.37. The first-order chi connectivity index (χ1) is 8.08. The predicted octanol–water partition coefficient (Wildman–Crippen LogP) is 2.15. The molecule has 17 heavy (non-hydrogen) atoms. The third kappa shape index (κ3) is 3.10. The molecule has 0 bridgehead atoms. The van der Waals surface area contributed by atoms with Crippen LogP contribution in [0.4, 0.5) is 0 Å². The molecule has 1 fully saturated rings. The van der Waals surface area contributed by atoms with Crippen molar-refractivity contribution < 1.29 is 9.15 Å². The Bertz CT molecular complexity index is 367. The topological polar surface area (TPSA) is 51.6 Å². The van der Waals surface area contributed by atoms with Gasteiger partial charge in [0.1, 0.15) is 5.76 Å². The van der Waals surface area contributed by atoms with Crippen molar-refractivity contribution in [3.63, 3.8) is 0 Å². The molecule has 0 saturated carbocycles. The second-order valence-electron chi connectivity index (χ2n) is 4.58. The molecular weight excluding hydrogens is 284 g/mol. The Morgan fingerprint density at radius 3 is 2.82 bits per heavy atom. The number of furan rings is 1. The molecule has 2 rings (SSSR count). The SMILES string of the molecule is CC(N)C1CN(C(C)c2ccc(Br)o2)CCO1. The smallest absolute Gasteiger partial charge is 0.169 e. The van der Waals surface area contributed by atoms with Gasteiger partial charge in [-0.3, -0.25) is 4.90 Å². The van der Waals surface area contributed by atoms with Crippen LogP contribution in [-0.2, 0) is 4.74 Å². The highest BCUT2D eigenvalue weighted by Gasteiger charge is 2.28. The van der Waals surface area contributed by atoms with E-state index in [0.29, 0.717) is 0 Å². The summed E-state index contributed by atoms with van der Waals surface area (Å²) in [5.74, 6) is 0.974. The molecule has 4 nitrogen and oxygen atoms in total. The molecular formula is C12H19BrN2O2. The van der Waals surface area contributed by atoms with Crippen LogP contribution < -0.4 is 5.73 Å². The minimum atomic E-state index is 0.0633. The summed E-state index contributed by atoms with van der Waals surface area (Å²) in [6, 6.07) is 4.25. The highest BCUT2D eigenvalue weighted by molar-refractivity contribution is 9.10. The van der Waals surface area contributed by atoms with Gasteiger partial charge in [-0.2, -0.15) is 0 Å². The quantitative estimate of drug-likeness (QED) is 0.929. The zero-order valence-corrected chi connectivity index (χ0v) is 11.8. The molecule has 0 radical (unpaired) electrons. The summed E-state index contributed by atoms with van der Waals surface area (Å²) >= 11 is 3.33. The van der Waals surface area contributed by atoms with Gasteiger partial charge in [0.25, 0.3) is 0 Å². The zero-order valence-electron chi connectivity index (χ0n) is 10.2. The van der Waals surface area contributed by atoms with E-state index in [1.165, 1.54) is 0 Å². The van der Waals surface area contributed by atoms with Crippen LogP contribution in [-0.4, -0.2) is 36.7 Å². The number of nitrogens with zero attached hydrogens (tertiary/aromatic N) is 1. The van der Waals surface area contributed by atoms with E-state index in [4.69, 9.17) is 14.9 Å². The molecule has 1 aromatic rings. The number of nitrogens with two attached hydrogens (primary N) is 1. The first kappa shape index (κ1) is 13.1. The Morgan fingerprint density at radius 2 is 2.24 bits per heavy atom. The van der Waals surface area contributed by atoms with Gasteiger partial charge in [0.05, 0.1) is 18.8 Å². The van der Waals surface area contributed by atoms with Crippen molar-refractivity contribution in [2.75, 3.05) is 19.7 Å².